The average molecular weight is 577 g/mol. The molecule has 41 heavy (non-hydrogen) atoms. The molecule has 1 atom stereocenters. The largest absolute Gasteiger partial charge is 0.463 e. The van der Waals surface area contributed by atoms with E-state index in [0.29, 0.717) is 62.8 Å². The van der Waals surface area contributed by atoms with Crippen LogP contribution in [-0.2, 0) is 22.5 Å². The predicted molar refractivity (Wildman–Crippen MR) is 155 cm³/mol. The first-order valence-electron chi connectivity index (χ1n) is 13.7. The summed E-state index contributed by atoms with van der Waals surface area (Å²) in [5.74, 6) is -0.735. The number of benzene rings is 2. The molecule has 2 aromatic carbocycles. The van der Waals surface area contributed by atoms with Crippen LogP contribution in [-0.4, -0.2) is 79.4 Å². The number of hydrogen-bond acceptors (Lipinski definition) is 7. The molecule has 0 radical (unpaired) electrons. The minimum absolute atomic E-state index is 0.0590. The molecular formula is C30H30ClFN6O3. The third-order valence-corrected chi connectivity index (χ3v) is 8.24. The van der Waals surface area contributed by atoms with E-state index in [1.165, 1.54) is 4.90 Å². The van der Waals surface area contributed by atoms with Gasteiger partial charge in [0.15, 0.2) is 5.83 Å². The minimum atomic E-state index is -1.02. The molecule has 0 unspecified atom stereocenters. The first-order chi connectivity index (χ1) is 19.9. The van der Waals surface area contributed by atoms with Crippen LogP contribution in [0.3, 0.4) is 0 Å². The fraction of sp³-hybridized carbons (Fsp3) is 0.400. The van der Waals surface area contributed by atoms with Crippen LogP contribution in [0.25, 0.3) is 15.6 Å². The van der Waals surface area contributed by atoms with E-state index in [1.807, 2.05) is 18.2 Å². The summed E-state index contributed by atoms with van der Waals surface area (Å²) in [6.45, 7) is 14.7. The summed E-state index contributed by atoms with van der Waals surface area (Å²) in [6.07, 6.45) is 0.691. The van der Waals surface area contributed by atoms with Crippen molar-refractivity contribution in [2.24, 2.45) is 5.92 Å². The van der Waals surface area contributed by atoms with E-state index in [4.69, 9.17) is 37.6 Å². The summed E-state index contributed by atoms with van der Waals surface area (Å²) in [6, 6.07) is 11.9. The lowest BCUT2D eigenvalue weighted by atomic mass is 10.0. The zero-order valence-corrected chi connectivity index (χ0v) is 23.3. The van der Waals surface area contributed by atoms with E-state index < -0.39 is 17.8 Å². The Hall–Kier alpha value is -3.94. The van der Waals surface area contributed by atoms with Crippen LogP contribution in [0.5, 0.6) is 6.01 Å². The first kappa shape index (κ1) is 27.2. The van der Waals surface area contributed by atoms with Gasteiger partial charge >= 0.3 is 6.01 Å². The number of aromatic nitrogens is 2. The lowest BCUT2D eigenvalue weighted by molar-refractivity contribution is -0.131. The highest BCUT2D eigenvalue weighted by Crippen LogP contribution is 2.37. The number of carbonyl (C=O) groups is 1. The van der Waals surface area contributed by atoms with E-state index >= 15 is 0 Å². The highest BCUT2D eigenvalue weighted by Gasteiger charge is 2.36. The molecule has 3 aliphatic rings. The maximum Gasteiger partial charge on any atom is 0.318 e. The van der Waals surface area contributed by atoms with Gasteiger partial charge in [0.25, 0.3) is 5.91 Å². The average Bonchev–Trinajstić information content (AvgIpc) is 2.95. The van der Waals surface area contributed by atoms with Gasteiger partial charge in [0.05, 0.1) is 37.1 Å². The van der Waals surface area contributed by atoms with Crippen molar-refractivity contribution in [1.29, 1.82) is 0 Å². The summed E-state index contributed by atoms with van der Waals surface area (Å²) in [5.41, 5.74) is 2.93. The number of fused-ring (bicyclic) bond motifs is 2. The standard InChI is InChI=1S/C30H30ClFN6O3/c1-19(32)29(39)38-12-11-37(14-22(38)13-33-2)28-23-9-10-36(26-8-4-6-21-5-3-7-24(31)27(21)26)15-25(23)34-30(35-28)41-18-20-16-40-17-20/h3-8,20,22H,1,9-18H2/t22-/m0/s1. The molecule has 2 fully saturated rings. The van der Waals surface area contributed by atoms with E-state index in [1.54, 1.807) is 0 Å². The zero-order valence-electron chi connectivity index (χ0n) is 22.6. The van der Waals surface area contributed by atoms with Crippen molar-refractivity contribution in [1.82, 2.24) is 14.9 Å². The van der Waals surface area contributed by atoms with Crippen molar-refractivity contribution < 1.29 is 18.7 Å². The van der Waals surface area contributed by atoms with E-state index in [0.717, 1.165) is 40.1 Å². The van der Waals surface area contributed by atoms with Crippen molar-refractivity contribution >= 4 is 39.8 Å². The van der Waals surface area contributed by atoms with Crippen LogP contribution >= 0.6 is 11.6 Å². The van der Waals surface area contributed by atoms with Gasteiger partial charge in [-0.05, 0) is 23.9 Å². The number of ether oxygens (including phenoxy) is 2. The lowest BCUT2D eigenvalue weighted by Gasteiger charge is -2.41. The van der Waals surface area contributed by atoms with Gasteiger partial charge in [-0.3, -0.25) is 4.79 Å². The van der Waals surface area contributed by atoms with E-state index in [2.05, 4.69) is 39.4 Å². The molecular weight excluding hydrogens is 547 g/mol. The van der Waals surface area contributed by atoms with Gasteiger partial charge in [-0.1, -0.05) is 42.4 Å². The molecule has 0 spiro atoms. The fourth-order valence-electron chi connectivity index (χ4n) is 5.77. The van der Waals surface area contributed by atoms with Crippen LogP contribution in [0.1, 0.15) is 11.3 Å². The fourth-order valence-corrected chi connectivity index (χ4v) is 6.04. The summed E-state index contributed by atoms with van der Waals surface area (Å²) in [4.78, 5) is 31.4. The third kappa shape index (κ3) is 5.39. The molecule has 3 aromatic rings. The zero-order chi connectivity index (χ0) is 28.5. The Kier molecular flexibility index (Phi) is 7.65. The summed E-state index contributed by atoms with van der Waals surface area (Å²) < 4.78 is 25.1. The molecule has 3 aliphatic heterocycles. The van der Waals surface area contributed by atoms with E-state index in [9.17, 15) is 9.18 Å². The maximum absolute atomic E-state index is 13.7. The highest BCUT2D eigenvalue weighted by molar-refractivity contribution is 6.36. The number of nitrogens with zero attached hydrogens (tertiary/aromatic N) is 6. The Morgan fingerprint density at radius 3 is 2.71 bits per heavy atom. The van der Waals surface area contributed by atoms with Crippen molar-refractivity contribution in [3.63, 3.8) is 0 Å². The molecule has 0 aliphatic carbocycles. The Morgan fingerprint density at radius 2 is 1.98 bits per heavy atom. The minimum Gasteiger partial charge on any atom is -0.463 e. The topological polar surface area (TPSA) is 75.4 Å². The Bertz CT molecular complexity index is 1540. The second kappa shape index (κ2) is 11.5. The molecule has 0 N–H and O–H groups in total. The van der Waals surface area contributed by atoms with Gasteiger partial charge < -0.3 is 29.0 Å². The van der Waals surface area contributed by atoms with Crippen molar-refractivity contribution in [3.05, 3.63) is 76.5 Å². The quantitative estimate of drug-likeness (QED) is 0.307. The summed E-state index contributed by atoms with van der Waals surface area (Å²) in [7, 11) is 0. The predicted octanol–water partition coefficient (Wildman–Crippen LogP) is 4.29. The number of rotatable bonds is 7. The Balaban J connectivity index is 1.33. The lowest BCUT2D eigenvalue weighted by Crippen LogP contribution is -2.57. The molecule has 9 nitrogen and oxygen atoms in total. The Morgan fingerprint density at radius 1 is 1.17 bits per heavy atom. The second-order valence-corrected chi connectivity index (χ2v) is 11.0. The number of amides is 1. The first-order valence-corrected chi connectivity index (χ1v) is 14.1. The Labute approximate surface area is 242 Å². The monoisotopic (exact) mass is 576 g/mol. The number of halogens is 2. The normalized spacial score (nSPS) is 19.0. The smallest absolute Gasteiger partial charge is 0.318 e. The molecule has 0 bridgehead atoms. The van der Waals surface area contributed by atoms with Crippen molar-refractivity contribution in [2.45, 2.75) is 19.0 Å². The molecule has 1 amide bonds. The second-order valence-electron chi connectivity index (χ2n) is 10.6. The molecule has 0 saturated carbocycles. The third-order valence-electron chi connectivity index (χ3n) is 7.93. The van der Waals surface area contributed by atoms with Crippen molar-refractivity contribution in [2.75, 3.05) is 62.3 Å². The van der Waals surface area contributed by atoms with Gasteiger partial charge in [0, 0.05) is 48.7 Å². The number of hydrogen-bond donors (Lipinski definition) is 0. The van der Waals surface area contributed by atoms with Crippen LogP contribution in [0, 0.1) is 12.5 Å². The molecule has 1 aromatic heterocycles. The maximum atomic E-state index is 13.7. The van der Waals surface area contributed by atoms with Gasteiger partial charge in [-0.15, -0.1) is 0 Å². The summed E-state index contributed by atoms with van der Waals surface area (Å²) in [5, 5.41) is 2.78. The van der Waals surface area contributed by atoms with E-state index in [-0.39, 0.29) is 13.1 Å². The highest BCUT2D eigenvalue weighted by atomic mass is 35.5. The number of carbonyl (C=O) groups excluding carboxylic acids is 1. The van der Waals surface area contributed by atoms with Gasteiger partial charge in [0.1, 0.15) is 11.9 Å². The van der Waals surface area contributed by atoms with Crippen LogP contribution < -0.4 is 14.5 Å². The molecule has 4 heterocycles. The molecule has 212 valence electrons. The molecule has 2 saturated heterocycles. The van der Waals surface area contributed by atoms with Crippen molar-refractivity contribution in [3.8, 4) is 6.01 Å². The molecule has 6 rings (SSSR count). The van der Waals surface area contributed by atoms with Gasteiger partial charge in [-0.2, -0.15) is 9.97 Å². The summed E-state index contributed by atoms with van der Waals surface area (Å²) >= 11 is 6.65. The van der Waals surface area contributed by atoms with Crippen LogP contribution in [0.2, 0.25) is 5.02 Å². The number of piperazine rings is 1. The molecule has 11 heteroatoms. The van der Waals surface area contributed by atoms with Gasteiger partial charge in [-0.25, -0.2) is 11.0 Å². The van der Waals surface area contributed by atoms with Crippen LogP contribution in [0.4, 0.5) is 15.9 Å². The van der Waals surface area contributed by atoms with Gasteiger partial charge in [0.2, 0.25) is 6.54 Å². The van der Waals surface area contributed by atoms with Crippen LogP contribution in [0.15, 0.2) is 48.8 Å². The SMILES string of the molecule is [C-]#[N+]C[C@H]1CN(c2nc(OCC3COC3)nc3c2CCN(c2cccc4cccc(Cl)c24)C3)CCN1C(=O)C(=C)F. The number of anilines is 2.